The Bertz CT molecular complexity index is 788. The fourth-order valence-electron chi connectivity index (χ4n) is 1.95. The van der Waals surface area contributed by atoms with Crippen LogP contribution in [0.3, 0.4) is 0 Å². The number of nitrogens with zero attached hydrogens (tertiary/aromatic N) is 4. The van der Waals surface area contributed by atoms with E-state index in [4.69, 9.17) is 0 Å². The van der Waals surface area contributed by atoms with Gasteiger partial charge in [-0.2, -0.15) is 5.10 Å². The summed E-state index contributed by atoms with van der Waals surface area (Å²) in [6.45, 7) is 0. The lowest BCUT2D eigenvalue weighted by atomic mass is 10.1. The van der Waals surface area contributed by atoms with Crippen LogP contribution < -0.4 is 5.32 Å². The molecule has 0 aliphatic heterocycles. The molecule has 110 valence electrons. The van der Waals surface area contributed by atoms with Crippen LogP contribution in [0.15, 0.2) is 55.1 Å². The van der Waals surface area contributed by atoms with Crippen LogP contribution in [0.5, 0.6) is 0 Å². The van der Waals surface area contributed by atoms with E-state index in [1.54, 1.807) is 47.4 Å². The summed E-state index contributed by atoms with van der Waals surface area (Å²) in [4.78, 5) is 20.0. The van der Waals surface area contributed by atoms with E-state index >= 15 is 0 Å². The molecule has 0 atom stereocenters. The molecule has 0 bridgehead atoms. The molecule has 1 N–H and O–H groups in total. The smallest absolute Gasteiger partial charge is 0.230 e. The predicted molar refractivity (Wildman–Crippen MR) is 77.9 cm³/mol. The number of nitrogens with one attached hydrogen (secondary N) is 1. The Morgan fingerprint density at radius 3 is 2.86 bits per heavy atom. The Kier molecular flexibility index (Phi) is 3.86. The molecule has 2 heterocycles. The first-order valence-electron chi connectivity index (χ1n) is 6.58. The van der Waals surface area contributed by atoms with Crippen LogP contribution in [0.1, 0.15) is 5.56 Å². The largest absolute Gasteiger partial charge is 0.310 e. The molecule has 0 fully saturated rings. The van der Waals surface area contributed by atoms with Crippen molar-refractivity contribution in [2.75, 3.05) is 5.32 Å². The van der Waals surface area contributed by atoms with Crippen molar-refractivity contribution in [3.63, 3.8) is 0 Å². The summed E-state index contributed by atoms with van der Waals surface area (Å²) >= 11 is 0. The minimum absolute atomic E-state index is 0.0617. The maximum atomic E-state index is 13.5. The minimum Gasteiger partial charge on any atom is -0.310 e. The van der Waals surface area contributed by atoms with Gasteiger partial charge in [-0.3, -0.25) is 4.79 Å². The van der Waals surface area contributed by atoms with Gasteiger partial charge in [0.25, 0.3) is 0 Å². The third-order valence-electron chi connectivity index (χ3n) is 2.97. The maximum Gasteiger partial charge on any atom is 0.230 e. The second-order valence-electron chi connectivity index (χ2n) is 4.53. The number of benzene rings is 1. The first kappa shape index (κ1) is 13.9. The van der Waals surface area contributed by atoms with Crippen molar-refractivity contribution in [1.29, 1.82) is 0 Å². The quantitative estimate of drug-likeness (QED) is 0.799. The molecule has 2 aromatic heterocycles. The molecule has 0 unspecified atom stereocenters. The summed E-state index contributed by atoms with van der Waals surface area (Å²) in [7, 11) is 0. The monoisotopic (exact) mass is 297 g/mol. The van der Waals surface area contributed by atoms with Crippen molar-refractivity contribution >= 4 is 11.7 Å². The summed E-state index contributed by atoms with van der Waals surface area (Å²) in [5.74, 6) is 0.107. The van der Waals surface area contributed by atoms with Crippen LogP contribution in [-0.4, -0.2) is 25.7 Å². The van der Waals surface area contributed by atoms with E-state index in [2.05, 4.69) is 20.4 Å². The average molecular weight is 297 g/mol. The zero-order valence-electron chi connectivity index (χ0n) is 11.5. The fourth-order valence-corrected chi connectivity index (χ4v) is 1.95. The van der Waals surface area contributed by atoms with Crippen LogP contribution in [0.4, 0.5) is 10.2 Å². The van der Waals surface area contributed by atoms with Gasteiger partial charge >= 0.3 is 0 Å². The molecule has 0 saturated carbocycles. The number of hydrogen-bond acceptors (Lipinski definition) is 4. The second kappa shape index (κ2) is 6.13. The molecule has 7 heteroatoms. The second-order valence-corrected chi connectivity index (χ2v) is 4.53. The first-order valence-corrected chi connectivity index (χ1v) is 6.58. The van der Waals surface area contributed by atoms with Crippen LogP contribution in [0.25, 0.3) is 5.82 Å². The van der Waals surface area contributed by atoms with Gasteiger partial charge in [0.15, 0.2) is 5.82 Å². The van der Waals surface area contributed by atoms with E-state index in [1.807, 2.05) is 0 Å². The molecule has 3 rings (SSSR count). The van der Waals surface area contributed by atoms with Gasteiger partial charge in [-0.05, 0) is 17.7 Å². The fraction of sp³-hybridized carbons (Fsp3) is 0.0667. The van der Waals surface area contributed by atoms with Crippen molar-refractivity contribution in [3.8, 4) is 5.82 Å². The van der Waals surface area contributed by atoms with E-state index in [-0.39, 0.29) is 12.3 Å². The van der Waals surface area contributed by atoms with E-state index in [0.29, 0.717) is 17.2 Å². The van der Waals surface area contributed by atoms with Gasteiger partial charge in [0.1, 0.15) is 18.0 Å². The maximum absolute atomic E-state index is 13.5. The molecule has 0 saturated heterocycles. The molecular formula is C15H12FN5O. The lowest BCUT2D eigenvalue weighted by Crippen LogP contribution is -2.16. The number of carbonyl (C=O) groups is 1. The molecule has 0 radical (unpaired) electrons. The zero-order valence-corrected chi connectivity index (χ0v) is 11.5. The Morgan fingerprint density at radius 2 is 2.09 bits per heavy atom. The lowest BCUT2D eigenvalue weighted by molar-refractivity contribution is -0.115. The highest BCUT2D eigenvalue weighted by atomic mass is 19.1. The molecule has 1 aromatic carbocycles. The van der Waals surface area contributed by atoms with Gasteiger partial charge in [-0.25, -0.2) is 19.0 Å². The third-order valence-corrected chi connectivity index (χ3v) is 2.97. The molecule has 3 aromatic rings. The van der Waals surface area contributed by atoms with Gasteiger partial charge < -0.3 is 5.32 Å². The van der Waals surface area contributed by atoms with Gasteiger partial charge in [0, 0.05) is 18.5 Å². The Labute approximate surface area is 125 Å². The van der Waals surface area contributed by atoms with Crippen LogP contribution in [0.2, 0.25) is 0 Å². The number of halogens is 1. The van der Waals surface area contributed by atoms with Crippen molar-refractivity contribution in [1.82, 2.24) is 19.7 Å². The van der Waals surface area contributed by atoms with E-state index in [1.165, 1.54) is 12.4 Å². The Morgan fingerprint density at radius 1 is 1.23 bits per heavy atom. The van der Waals surface area contributed by atoms with E-state index in [0.717, 1.165) is 0 Å². The summed E-state index contributed by atoms with van der Waals surface area (Å²) < 4.78 is 15.1. The SMILES string of the molecule is O=C(Cc1ccccc1F)Nc1cc(-n2cccn2)ncn1. The predicted octanol–water partition coefficient (Wildman–Crippen LogP) is 1.98. The van der Waals surface area contributed by atoms with Gasteiger partial charge in [0.2, 0.25) is 5.91 Å². The Balaban J connectivity index is 1.72. The summed E-state index contributed by atoms with van der Waals surface area (Å²) in [5, 5.41) is 6.67. The number of hydrogen-bond donors (Lipinski definition) is 1. The van der Waals surface area contributed by atoms with E-state index < -0.39 is 5.82 Å². The molecule has 6 nitrogen and oxygen atoms in total. The van der Waals surface area contributed by atoms with Gasteiger partial charge in [-0.15, -0.1) is 0 Å². The van der Waals surface area contributed by atoms with Crippen molar-refractivity contribution < 1.29 is 9.18 Å². The molecule has 0 spiro atoms. The number of carbonyl (C=O) groups excluding carboxylic acids is 1. The van der Waals surface area contributed by atoms with Crippen molar-refractivity contribution in [3.05, 3.63) is 66.5 Å². The highest BCUT2D eigenvalue weighted by molar-refractivity contribution is 5.91. The standard InChI is InChI=1S/C15H12FN5O/c16-12-5-2-1-4-11(12)8-15(22)20-13-9-14(18-10-17-13)21-7-3-6-19-21/h1-7,9-10H,8H2,(H,17,18,20,22). The first-order chi connectivity index (χ1) is 10.7. The molecular weight excluding hydrogens is 285 g/mol. The highest BCUT2D eigenvalue weighted by Gasteiger charge is 2.09. The normalized spacial score (nSPS) is 10.4. The number of aromatic nitrogens is 4. The number of anilines is 1. The summed E-state index contributed by atoms with van der Waals surface area (Å²) in [5.41, 5.74) is 0.335. The highest BCUT2D eigenvalue weighted by Crippen LogP contribution is 2.10. The van der Waals surface area contributed by atoms with Crippen LogP contribution >= 0.6 is 0 Å². The zero-order chi connectivity index (χ0) is 15.4. The van der Waals surface area contributed by atoms with Crippen molar-refractivity contribution in [2.45, 2.75) is 6.42 Å². The summed E-state index contributed by atoms with van der Waals surface area (Å²) in [6.07, 6.45) is 4.62. The van der Waals surface area contributed by atoms with Gasteiger partial charge in [0.05, 0.1) is 6.42 Å². The molecule has 1 amide bonds. The number of rotatable bonds is 4. The van der Waals surface area contributed by atoms with Crippen LogP contribution in [0, 0.1) is 5.82 Å². The van der Waals surface area contributed by atoms with Gasteiger partial charge in [-0.1, -0.05) is 18.2 Å². The number of amides is 1. The minimum atomic E-state index is -0.405. The molecule has 0 aliphatic carbocycles. The molecule has 22 heavy (non-hydrogen) atoms. The van der Waals surface area contributed by atoms with Crippen LogP contribution in [-0.2, 0) is 11.2 Å². The Hall–Kier alpha value is -3.09. The summed E-state index contributed by atoms with van der Waals surface area (Å²) in [6, 6.07) is 9.52. The topological polar surface area (TPSA) is 72.7 Å². The van der Waals surface area contributed by atoms with Crippen molar-refractivity contribution in [2.24, 2.45) is 0 Å². The average Bonchev–Trinajstić information content (AvgIpc) is 3.04. The van der Waals surface area contributed by atoms with E-state index in [9.17, 15) is 9.18 Å². The lowest BCUT2D eigenvalue weighted by Gasteiger charge is -2.06. The third kappa shape index (κ3) is 3.14. The molecule has 0 aliphatic rings.